The fraction of sp³-hybridized carbons (Fsp3) is 0.650. The van der Waals surface area contributed by atoms with Crippen LogP contribution in [0.2, 0.25) is 0 Å². The minimum Gasteiger partial charge on any atom is -0.373 e. The lowest BCUT2D eigenvalue weighted by molar-refractivity contribution is -0.122. The van der Waals surface area contributed by atoms with Crippen molar-refractivity contribution in [3.05, 3.63) is 35.4 Å². The van der Waals surface area contributed by atoms with E-state index in [-0.39, 0.29) is 5.91 Å². The first-order valence-electron chi connectivity index (χ1n) is 9.42. The number of likely N-dealkylation sites (N-methyl/N-ethyl adjacent to an activating group) is 1. The van der Waals surface area contributed by atoms with E-state index in [2.05, 4.69) is 53.2 Å². The van der Waals surface area contributed by atoms with Crippen molar-refractivity contribution in [1.82, 2.24) is 15.1 Å². The highest BCUT2D eigenvalue weighted by Crippen LogP contribution is 2.24. The van der Waals surface area contributed by atoms with Gasteiger partial charge < -0.3 is 10.1 Å². The average molecular weight is 345 g/mol. The molecule has 0 bridgehead atoms. The first-order valence-corrected chi connectivity index (χ1v) is 9.42. The Kier molecular flexibility index (Phi) is 6.10. The number of rotatable bonds is 7. The van der Waals surface area contributed by atoms with Gasteiger partial charge in [-0.05, 0) is 44.9 Å². The molecule has 1 heterocycles. The number of carbonyl (C=O) groups is 1. The molecule has 0 radical (unpaired) electrons. The van der Waals surface area contributed by atoms with Crippen LogP contribution in [-0.4, -0.2) is 60.6 Å². The van der Waals surface area contributed by atoms with Gasteiger partial charge in [-0.25, -0.2) is 0 Å². The van der Waals surface area contributed by atoms with Gasteiger partial charge in [0.15, 0.2) is 0 Å². The van der Waals surface area contributed by atoms with Gasteiger partial charge in [-0.2, -0.15) is 0 Å². The maximum atomic E-state index is 12.0. The number of morpholine rings is 1. The van der Waals surface area contributed by atoms with Gasteiger partial charge in [0, 0.05) is 32.2 Å². The Bertz CT molecular complexity index is 561. The first kappa shape index (κ1) is 18.4. The Labute approximate surface area is 151 Å². The van der Waals surface area contributed by atoms with Crippen LogP contribution in [0.4, 0.5) is 0 Å². The zero-order valence-electron chi connectivity index (χ0n) is 15.7. The van der Waals surface area contributed by atoms with Gasteiger partial charge in [0.25, 0.3) is 0 Å². The summed E-state index contributed by atoms with van der Waals surface area (Å²) in [6.45, 7) is 8.29. The molecular formula is C20H31N3O2. The van der Waals surface area contributed by atoms with Crippen LogP contribution in [0, 0.1) is 0 Å². The molecule has 1 aliphatic heterocycles. The van der Waals surface area contributed by atoms with E-state index < -0.39 is 0 Å². The van der Waals surface area contributed by atoms with Gasteiger partial charge in [0.1, 0.15) is 0 Å². The number of amides is 1. The molecule has 0 aromatic heterocycles. The van der Waals surface area contributed by atoms with E-state index in [1.165, 1.54) is 18.4 Å². The van der Waals surface area contributed by atoms with Crippen molar-refractivity contribution in [1.29, 1.82) is 0 Å². The third-order valence-corrected chi connectivity index (χ3v) is 4.98. The molecule has 3 rings (SSSR count). The molecule has 1 aromatic carbocycles. The number of benzene rings is 1. The summed E-state index contributed by atoms with van der Waals surface area (Å²) in [5, 5.41) is 3.02. The Balaban J connectivity index is 1.43. The first-order chi connectivity index (χ1) is 12.0. The van der Waals surface area contributed by atoms with Gasteiger partial charge in [-0.15, -0.1) is 0 Å². The smallest absolute Gasteiger partial charge is 0.234 e. The highest BCUT2D eigenvalue weighted by Gasteiger charge is 2.27. The van der Waals surface area contributed by atoms with Crippen LogP contribution < -0.4 is 5.32 Å². The quantitative estimate of drug-likeness (QED) is 0.821. The van der Waals surface area contributed by atoms with Crippen LogP contribution in [-0.2, 0) is 22.6 Å². The van der Waals surface area contributed by atoms with Crippen molar-refractivity contribution in [2.24, 2.45) is 0 Å². The molecule has 1 aliphatic carbocycles. The maximum absolute atomic E-state index is 12.0. The second kappa shape index (κ2) is 8.30. The summed E-state index contributed by atoms with van der Waals surface area (Å²) in [6.07, 6.45) is 3.05. The molecule has 2 atom stereocenters. The van der Waals surface area contributed by atoms with Crippen molar-refractivity contribution in [2.75, 3.05) is 26.7 Å². The number of carbonyl (C=O) groups excluding carboxylic acids is 1. The number of hydrogen-bond donors (Lipinski definition) is 1. The minimum absolute atomic E-state index is 0.106. The fourth-order valence-electron chi connectivity index (χ4n) is 3.56. The van der Waals surface area contributed by atoms with Crippen LogP contribution in [0.25, 0.3) is 0 Å². The van der Waals surface area contributed by atoms with E-state index in [1.54, 1.807) is 0 Å². The summed E-state index contributed by atoms with van der Waals surface area (Å²) in [5.74, 6) is 0.106. The van der Waals surface area contributed by atoms with E-state index in [4.69, 9.17) is 4.74 Å². The van der Waals surface area contributed by atoms with Crippen molar-refractivity contribution in [3.63, 3.8) is 0 Å². The predicted molar refractivity (Wildman–Crippen MR) is 99.2 cm³/mol. The van der Waals surface area contributed by atoms with E-state index in [0.29, 0.717) is 31.3 Å². The molecule has 5 nitrogen and oxygen atoms in total. The Morgan fingerprint density at radius 3 is 2.36 bits per heavy atom. The van der Waals surface area contributed by atoms with Crippen LogP contribution in [0.15, 0.2) is 24.3 Å². The number of nitrogens with zero attached hydrogens (tertiary/aromatic N) is 2. The summed E-state index contributed by atoms with van der Waals surface area (Å²) in [6, 6.07) is 9.20. The van der Waals surface area contributed by atoms with E-state index in [1.807, 2.05) is 7.05 Å². The standard InChI is InChI=1S/C20H31N3O2/c1-15-11-23(12-16(2)25-15)13-18-6-4-17(5-7-18)10-21-20(24)14-22(3)19-8-9-19/h4-7,15-16,19H,8-14H2,1-3H3,(H,21,24). The van der Waals surface area contributed by atoms with Gasteiger partial charge in [0.2, 0.25) is 5.91 Å². The minimum atomic E-state index is 0.106. The fourth-order valence-corrected chi connectivity index (χ4v) is 3.56. The monoisotopic (exact) mass is 345 g/mol. The zero-order valence-corrected chi connectivity index (χ0v) is 15.7. The second-order valence-corrected chi connectivity index (χ2v) is 7.69. The van der Waals surface area contributed by atoms with Crippen LogP contribution in [0.3, 0.4) is 0 Å². The Morgan fingerprint density at radius 1 is 1.16 bits per heavy atom. The molecule has 1 saturated heterocycles. The van der Waals surface area contributed by atoms with Gasteiger partial charge in [-0.3, -0.25) is 14.6 Å². The highest BCUT2D eigenvalue weighted by molar-refractivity contribution is 5.78. The van der Waals surface area contributed by atoms with Crippen molar-refractivity contribution in [3.8, 4) is 0 Å². The lowest BCUT2D eigenvalue weighted by atomic mass is 10.1. The summed E-state index contributed by atoms with van der Waals surface area (Å²) in [5.41, 5.74) is 2.46. The van der Waals surface area contributed by atoms with Gasteiger partial charge >= 0.3 is 0 Å². The summed E-state index contributed by atoms with van der Waals surface area (Å²) >= 11 is 0. The van der Waals surface area contributed by atoms with Crippen LogP contribution >= 0.6 is 0 Å². The molecular weight excluding hydrogens is 314 g/mol. The SMILES string of the molecule is CC1CN(Cc2ccc(CNC(=O)CN(C)C3CC3)cc2)CC(C)O1. The van der Waals surface area contributed by atoms with Gasteiger partial charge in [0.05, 0.1) is 18.8 Å². The van der Waals surface area contributed by atoms with E-state index in [9.17, 15) is 4.79 Å². The van der Waals surface area contributed by atoms with E-state index >= 15 is 0 Å². The Morgan fingerprint density at radius 2 is 1.76 bits per heavy atom. The molecule has 2 fully saturated rings. The zero-order chi connectivity index (χ0) is 17.8. The number of nitrogens with one attached hydrogen (secondary N) is 1. The summed E-state index contributed by atoms with van der Waals surface area (Å²) in [4.78, 5) is 16.6. The molecule has 5 heteroatoms. The number of hydrogen-bond acceptors (Lipinski definition) is 4. The average Bonchev–Trinajstić information content (AvgIpc) is 3.38. The van der Waals surface area contributed by atoms with Crippen molar-refractivity contribution >= 4 is 5.91 Å². The second-order valence-electron chi connectivity index (χ2n) is 7.69. The molecule has 2 unspecified atom stereocenters. The largest absolute Gasteiger partial charge is 0.373 e. The lowest BCUT2D eigenvalue weighted by Crippen LogP contribution is -2.44. The molecule has 1 aromatic rings. The van der Waals surface area contributed by atoms with E-state index in [0.717, 1.165) is 25.2 Å². The lowest BCUT2D eigenvalue weighted by Gasteiger charge is -2.35. The molecule has 138 valence electrons. The van der Waals surface area contributed by atoms with Crippen LogP contribution in [0.5, 0.6) is 0 Å². The summed E-state index contributed by atoms with van der Waals surface area (Å²) in [7, 11) is 2.03. The van der Waals surface area contributed by atoms with Crippen LogP contribution in [0.1, 0.15) is 37.8 Å². The molecule has 1 amide bonds. The van der Waals surface area contributed by atoms with Gasteiger partial charge in [-0.1, -0.05) is 24.3 Å². The van der Waals surface area contributed by atoms with Crippen molar-refractivity contribution in [2.45, 2.75) is 58.0 Å². The molecule has 25 heavy (non-hydrogen) atoms. The topological polar surface area (TPSA) is 44.8 Å². The predicted octanol–water partition coefficient (Wildman–Crippen LogP) is 2.01. The molecule has 1 saturated carbocycles. The van der Waals surface area contributed by atoms with Crippen molar-refractivity contribution < 1.29 is 9.53 Å². The third kappa shape index (κ3) is 5.80. The highest BCUT2D eigenvalue weighted by atomic mass is 16.5. The number of ether oxygens (including phenoxy) is 1. The summed E-state index contributed by atoms with van der Waals surface area (Å²) < 4.78 is 5.79. The Hall–Kier alpha value is -1.43. The molecule has 1 N–H and O–H groups in total. The normalized spacial score (nSPS) is 24.5. The third-order valence-electron chi connectivity index (χ3n) is 4.98. The molecule has 0 spiro atoms. The molecule has 2 aliphatic rings. The maximum Gasteiger partial charge on any atom is 0.234 e.